The van der Waals surface area contributed by atoms with Crippen molar-refractivity contribution in [1.29, 1.82) is 0 Å². The van der Waals surface area contributed by atoms with Gasteiger partial charge in [-0.3, -0.25) is 10.9 Å². The van der Waals surface area contributed by atoms with Gasteiger partial charge in [0.1, 0.15) is 0 Å². The molecule has 1 saturated heterocycles. The molecule has 1 heterocycles. The summed E-state index contributed by atoms with van der Waals surface area (Å²) in [6, 6.07) is 0. The lowest BCUT2D eigenvalue weighted by Gasteiger charge is -2.40. The molecule has 80 valence electrons. The van der Waals surface area contributed by atoms with E-state index in [2.05, 4.69) is 19.4 Å². The molecule has 1 aliphatic rings. The second-order valence-electron chi connectivity index (χ2n) is 4.20. The number of hydrogen-bond acceptors (Lipinski definition) is 2. The van der Waals surface area contributed by atoms with Crippen LogP contribution in [0.3, 0.4) is 0 Å². The molecule has 0 atom stereocenters. The number of rotatable bonds is 6. The van der Waals surface area contributed by atoms with E-state index in [-0.39, 0.29) is 10.9 Å². The molecule has 3 heteroatoms. The van der Waals surface area contributed by atoms with E-state index in [1.54, 1.807) is 0 Å². The predicted molar refractivity (Wildman–Crippen MR) is 60.1 cm³/mol. The third kappa shape index (κ3) is 3.49. The van der Waals surface area contributed by atoms with Crippen molar-refractivity contribution in [2.45, 2.75) is 13.3 Å². The maximum absolute atomic E-state index is 5.68. The highest BCUT2D eigenvalue weighted by Crippen LogP contribution is 2.31. The molecule has 13 heavy (non-hydrogen) atoms. The Morgan fingerprint density at radius 1 is 1.38 bits per heavy atom. The molecule has 0 radical (unpaired) electrons. The first-order chi connectivity index (χ1) is 6.18. The van der Waals surface area contributed by atoms with Crippen LogP contribution < -0.4 is 0 Å². The smallest absolute Gasteiger partial charge is 0.0567 e. The number of hydrogen-bond donors (Lipinski definition) is 1. The van der Waals surface area contributed by atoms with Crippen molar-refractivity contribution >= 4 is 10.9 Å². The highest BCUT2D eigenvalue weighted by Gasteiger charge is 2.36. The van der Waals surface area contributed by atoms with Crippen LogP contribution in [0.1, 0.15) is 13.3 Å². The molecule has 0 bridgehead atoms. The summed E-state index contributed by atoms with van der Waals surface area (Å²) < 4.78 is 10.9. The fourth-order valence-electron chi connectivity index (χ4n) is 1.32. The number of ether oxygens (including phenoxy) is 2. The van der Waals surface area contributed by atoms with Gasteiger partial charge >= 0.3 is 0 Å². The van der Waals surface area contributed by atoms with E-state index in [9.17, 15) is 0 Å². The lowest BCUT2D eigenvalue weighted by Crippen LogP contribution is -2.45. The highest BCUT2D eigenvalue weighted by atomic mass is 32.2. The summed E-state index contributed by atoms with van der Waals surface area (Å²) in [5.41, 5.74) is 0.365. The summed E-state index contributed by atoms with van der Waals surface area (Å²) in [6.45, 7) is 5.85. The average molecular weight is 206 g/mol. The van der Waals surface area contributed by atoms with Crippen molar-refractivity contribution in [3.63, 3.8) is 0 Å². The van der Waals surface area contributed by atoms with Gasteiger partial charge in [-0.15, -0.1) is 0 Å². The summed E-state index contributed by atoms with van der Waals surface area (Å²) in [5.74, 6) is 1.23. The first-order valence-electron chi connectivity index (χ1n) is 4.99. The molecule has 0 aromatic heterocycles. The SMILES string of the molecule is CCC1(COCC[SH](C)C)COC1. The van der Waals surface area contributed by atoms with Gasteiger partial charge in [0.25, 0.3) is 0 Å². The maximum Gasteiger partial charge on any atom is 0.0567 e. The lowest BCUT2D eigenvalue weighted by molar-refractivity contribution is -0.148. The van der Waals surface area contributed by atoms with Crippen LogP contribution in [-0.4, -0.2) is 44.7 Å². The fraction of sp³-hybridized carbons (Fsp3) is 1.00. The second kappa shape index (κ2) is 5.23. The van der Waals surface area contributed by atoms with E-state index in [4.69, 9.17) is 9.47 Å². The van der Waals surface area contributed by atoms with Crippen LogP contribution in [0.25, 0.3) is 0 Å². The molecule has 0 unspecified atom stereocenters. The van der Waals surface area contributed by atoms with Crippen LogP contribution >= 0.6 is 10.9 Å². The van der Waals surface area contributed by atoms with E-state index in [1.165, 1.54) is 12.2 Å². The van der Waals surface area contributed by atoms with Crippen molar-refractivity contribution in [1.82, 2.24) is 0 Å². The third-order valence-corrected chi connectivity index (χ3v) is 3.73. The molecular weight excluding hydrogens is 184 g/mol. The average Bonchev–Trinajstić information content (AvgIpc) is 2.01. The highest BCUT2D eigenvalue weighted by molar-refractivity contribution is 8.15. The largest absolute Gasteiger partial charge is 0.380 e. The molecule has 1 aliphatic heterocycles. The first kappa shape index (κ1) is 11.3. The van der Waals surface area contributed by atoms with E-state index in [0.29, 0.717) is 5.41 Å². The molecule has 0 N–H and O–H groups in total. The van der Waals surface area contributed by atoms with Crippen LogP contribution in [0.5, 0.6) is 0 Å². The van der Waals surface area contributed by atoms with E-state index in [1.807, 2.05) is 0 Å². The Labute approximate surface area is 84.3 Å². The van der Waals surface area contributed by atoms with Gasteiger partial charge in [0.05, 0.1) is 26.4 Å². The van der Waals surface area contributed by atoms with Gasteiger partial charge in [-0.25, -0.2) is 0 Å². The zero-order valence-electron chi connectivity index (χ0n) is 9.01. The maximum atomic E-state index is 5.68. The molecule has 2 nitrogen and oxygen atoms in total. The standard InChI is InChI=1S/C10H22O2S/c1-4-10(8-12-9-10)7-11-5-6-13(2)3/h13H,4-9H2,1-3H3. The minimum Gasteiger partial charge on any atom is -0.380 e. The normalized spacial score (nSPS) is 21.0. The van der Waals surface area contributed by atoms with Crippen LogP contribution in [0, 0.1) is 5.41 Å². The monoisotopic (exact) mass is 206 g/mol. The van der Waals surface area contributed by atoms with Crippen molar-refractivity contribution < 1.29 is 9.47 Å². The quantitative estimate of drug-likeness (QED) is 0.526. The molecule has 0 aromatic carbocycles. The first-order valence-corrected chi connectivity index (χ1v) is 7.41. The van der Waals surface area contributed by atoms with Crippen molar-refractivity contribution in [3.8, 4) is 0 Å². The Kier molecular flexibility index (Phi) is 4.56. The third-order valence-electron chi connectivity index (χ3n) is 2.66. The van der Waals surface area contributed by atoms with Gasteiger partial charge in [-0.2, -0.15) is 0 Å². The Morgan fingerprint density at radius 3 is 2.46 bits per heavy atom. The summed E-state index contributed by atoms with van der Waals surface area (Å²) >= 11 is 0. The Morgan fingerprint density at radius 2 is 2.08 bits per heavy atom. The molecule has 1 rings (SSSR count). The zero-order valence-corrected chi connectivity index (χ0v) is 9.90. The van der Waals surface area contributed by atoms with Gasteiger partial charge in [-0.1, -0.05) is 6.92 Å². The molecule has 1 fully saturated rings. The van der Waals surface area contributed by atoms with Gasteiger partial charge in [0.2, 0.25) is 0 Å². The van der Waals surface area contributed by atoms with Gasteiger partial charge in [-0.05, 0) is 24.7 Å². The second-order valence-corrected chi connectivity index (χ2v) is 6.81. The van der Waals surface area contributed by atoms with Gasteiger partial charge in [0, 0.05) is 5.41 Å². The fourth-order valence-corrected chi connectivity index (χ4v) is 1.81. The van der Waals surface area contributed by atoms with Crippen molar-refractivity contribution in [2.24, 2.45) is 5.41 Å². The molecule has 0 aliphatic carbocycles. The summed E-state index contributed by atoms with van der Waals surface area (Å²) in [5, 5.41) is 0. The molecular formula is C10H22O2S. The summed E-state index contributed by atoms with van der Waals surface area (Å²) in [7, 11) is 0.205. The Hall–Kier alpha value is 0.270. The van der Waals surface area contributed by atoms with Crippen molar-refractivity contribution in [3.05, 3.63) is 0 Å². The minimum atomic E-state index is 0.205. The zero-order chi connectivity index (χ0) is 9.73. The van der Waals surface area contributed by atoms with Crippen LogP contribution in [0.15, 0.2) is 0 Å². The molecule has 0 aromatic rings. The Bertz CT molecular complexity index is 138. The molecule has 0 saturated carbocycles. The van der Waals surface area contributed by atoms with Crippen LogP contribution in [-0.2, 0) is 9.47 Å². The number of thiol groups is 1. The van der Waals surface area contributed by atoms with Gasteiger partial charge < -0.3 is 9.47 Å². The topological polar surface area (TPSA) is 18.5 Å². The minimum absolute atomic E-state index is 0.205. The summed E-state index contributed by atoms with van der Waals surface area (Å²) in [4.78, 5) is 0. The van der Waals surface area contributed by atoms with E-state index in [0.717, 1.165) is 26.4 Å². The Balaban J connectivity index is 2.04. The van der Waals surface area contributed by atoms with Crippen LogP contribution in [0.4, 0.5) is 0 Å². The van der Waals surface area contributed by atoms with E-state index >= 15 is 0 Å². The van der Waals surface area contributed by atoms with Crippen molar-refractivity contribution in [2.75, 3.05) is 44.7 Å². The van der Waals surface area contributed by atoms with E-state index < -0.39 is 0 Å². The molecule has 0 spiro atoms. The van der Waals surface area contributed by atoms with Gasteiger partial charge in [0.15, 0.2) is 0 Å². The molecule has 0 amide bonds. The lowest BCUT2D eigenvalue weighted by atomic mass is 9.84. The summed E-state index contributed by atoms with van der Waals surface area (Å²) in [6.07, 6.45) is 5.77. The van der Waals surface area contributed by atoms with Crippen LogP contribution in [0.2, 0.25) is 0 Å². The predicted octanol–water partition coefficient (Wildman–Crippen LogP) is 1.69.